The second kappa shape index (κ2) is 7.16. The molecule has 10 heteroatoms. The van der Waals surface area contributed by atoms with E-state index < -0.39 is 0 Å². The van der Waals surface area contributed by atoms with Crippen molar-refractivity contribution in [1.82, 2.24) is 19.9 Å². The summed E-state index contributed by atoms with van der Waals surface area (Å²) in [4.78, 5) is 16.4. The van der Waals surface area contributed by atoms with E-state index in [2.05, 4.69) is 19.9 Å². The summed E-state index contributed by atoms with van der Waals surface area (Å²) in [5, 5.41) is 1.46. The molecule has 20 heavy (non-hydrogen) atoms. The number of aromatic nitrogens is 4. The van der Waals surface area contributed by atoms with Crippen molar-refractivity contribution in [1.29, 1.82) is 0 Å². The van der Waals surface area contributed by atoms with Gasteiger partial charge in [0.15, 0.2) is 0 Å². The molecule has 0 aliphatic rings. The second-order valence-corrected chi connectivity index (χ2v) is 6.04. The summed E-state index contributed by atoms with van der Waals surface area (Å²) < 4.78 is 10.0. The van der Waals surface area contributed by atoms with Gasteiger partial charge in [-0.05, 0) is 21.6 Å². The van der Waals surface area contributed by atoms with E-state index in [1.807, 2.05) is 0 Å². The van der Waals surface area contributed by atoms with Crippen LogP contribution in [0, 0.1) is 0 Å². The Hall–Kier alpha value is -0.960. The Labute approximate surface area is 133 Å². The lowest BCUT2D eigenvalue weighted by Crippen LogP contribution is -1.93. The van der Waals surface area contributed by atoms with Gasteiger partial charge in [0.2, 0.25) is 22.1 Å². The first kappa shape index (κ1) is 15.4. The molecule has 0 aromatic carbocycles. The quantitative estimate of drug-likeness (QED) is 0.461. The Morgan fingerprint density at radius 1 is 0.800 bits per heavy atom. The summed E-state index contributed by atoms with van der Waals surface area (Å²) in [5.74, 6) is 0.774. The normalized spacial score (nSPS) is 10.4. The van der Waals surface area contributed by atoms with Crippen LogP contribution in [0.5, 0.6) is 11.8 Å². The molecule has 0 aliphatic heterocycles. The van der Waals surface area contributed by atoms with Gasteiger partial charge in [-0.3, -0.25) is 0 Å². The van der Waals surface area contributed by atoms with Gasteiger partial charge in [0.1, 0.15) is 10.3 Å². The largest absolute Gasteiger partial charge is 0.481 e. The molecule has 0 saturated carbocycles. The van der Waals surface area contributed by atoms with Crippen LogP contribution in [0.25, 0.3) is 0 Å². The first-order chi connectivity index (χ1) is 9.60. The monoisotopic (exact) mass is 350 g/mol. The molecule has 0 fully saturated rings. The molecule has 0 spiro atoms. The number of hydrogen-bond donors (Lipinski definition) is 0. The van der Waals surface area contributed by atoms with Gasteiger partial charge in [-0.25, -0.2) is 9.97 Å². The van der Waals surface area contributed by atoms with Crippen LogP contribution in [0.15, 0.2) is 22.4 Å². The van der Waals surface area contributed by atoms with Crippen molar-refractivity contribution >= 4 is 44.8 Å². The molecule has 0 amide bonds. The van der Waals surface area contributed by atoms with Gasteiger partial charge in [-0.2, -0.15) is 9.97 Å². The van der Waals surface area contributed by atoms with E-state index in [-0.39, 0.29) is 0 Å². The molecule has 2 rings (SSSR count). The zero-order chi connectivity index (χ0) is 14.5. The topological polar surface area (TPSA) is 70.0 Å². The SMILES string of the molecule is COc1cc(Cl)nc(SSc2nc(Cl)cc(OC)n2)n1. The van der Waals surface area contributed by atoms with Gasteiger partial charge >= 0.3 is 0 Å². The number of hydrogen-bond acceptors (Lipinski definition) is 8. The van der Waals surface area contributed by atoms with Gasteiger partial charge in [0.05, 0.1) is 14.2 Å². The Balaban J connectivity index is 2.12. The Kier molecular flexibility index (Phi) is 5.53. The highest BCUT2D eigenvalue weighted by atomic mass is 35.5. The lowest BCUT2D eigenvalue weighted by molar-refractivity contribution is 0.392. The lowest BCUT2D eigenvalue weighted by Gasteiger charge is -2.04. The minimum Gasteiger partial charge on any atom is -0.481 e. The van der Waals surface area contributed by atoms with Gasteiger partial charge in [0.25, 0.3) is 0 Å². The van der Waals surface area contributed by atoms with E-state index in [0.29, 0.717) is 32.4 Å². The number of nitrogens with zero attached hydrogens (tertiary/aromatic N) is 4. The van der Waals surface area contributed by atoms with Crippen LogP contribution in [-0.4, -0.2) is 34.2 Å². The summed E-state index contributed by atoms with van der Waals surface area (Å²) >= 11 is 11.7. The molecule has 2 heterocycles. The average Bonchev–Trinajstić information content (AvgIpc) is 2.44. The van der Waals surface area contributed by atoms with Gasteiger partial charge in [-0.15, -0.1) is 0 Å². The smallest absolute Gasteiger partial charge is 0.218 e. The highest BCUT2D eigenvalue weighted by Gasteiger charge is 2.09. The molecule has 0 saturated heterocycles. The first-order valence-corrected chi connectivity index (χ1v) is 8.03. The van der Waals surface area contributed by atoms with Crippen molar-refractivity contribution in [3.8, 4) is 11.8 Å². The second-order valence-electron chi connectivity index (χ2n) is 3.20. The first-order valence-electron chi connectivity index (χ1n) is 5.12. The summed E-state index contributed by atoms with van der Waals surface area (Å²) in [7, 11) is 5.48. The Morgan fingerprint density at radius 2 is 1.20 bits per heavy atom. The van der Waals surface area contributed by atoms with E-state index in [0.717, 1.165) is 0 Å². The van der Waals surface area contributed by atoms with Crippen LogP contribution in [0.4, 0.5) is 0 Å². The van der Waals surface area contributed by atoms with E-state index >= 15 is 0 Å². The van der Waals surface area contributed by atoms with Crippen molar-refractivity contribution in [3.05, 3.63) is 22.4 Å². The fourth-order valence-corrected chi connectivity index (χ4v) is 3.13. The van der Waals surface area contributed by atoms with Crippen molar-refractivity contribution in [2.75, 3.05) is 14.2 Å². The minimum absolute atomic E-state index is 0.296. The van der Waals surface area contributed by atoms with Gasteiger partial charge in [0, 0.05) is 12.1 Å². The van der Waals surface area contributed by atoms with Crippen LogP contribution >= 0.6 is 44.8 Å². The van der Waals surface area contributed by atoms with Crippen LogP contribution in [0.1, 0.15) is 0 Å². The number of methoxy groups -OCH3 is 2. The molecule has 6 nitrogen and oxygen atoms in total. The van der Waals surface area contributed by atoms with Crippen LogP contribution in [0.3, 0.4) is 0 Å². The Bertz CT molecular complexity index is 564. The molecule has 2 aromatic heterocycles. The summed E-state index contributed by atoms with van der Waals surface area (Å²) in [6, 6.07) is 3.05. The average molecular weight is 351 g/mol. The maximum atomic E-state index is 5.86. The third kappa shape index (κ3) is 4.27. The fraction of sp³-hybridized carbons (Fsp3) is 0.200. The van der Waals surface area contributed by atoms with E-state index in [9.17, 15) is 0 Å². The van der Waals surface area contributed by atoms with Gasteiger partial charge in [-0.1, -0.05) is 23.2 Å². The number of ether oxygens (including phenoxy) is 2. The Morgan fingerprint density at radius 3 is 1.55 bits per heavy atom. The fourth-order valence-electron chi connectivity index (χ4n) is 1.11. The van der Waals surface area contributed by atoms with Crippen molar-refractivity contribution in [3.63, 3.8) is 0 Å². The molecule has 2 aromatic rings. The molecule has 0 atom stereocenters. The highest BCUT2D eigenvalue weighted by molar-refractivity contribution is 8.76. The minimum atomic E-state index is 0.296. The van der Waals surface area contributed by atoms with Crippen molar-refractivity contribution < 1.29 is 9.47 Å². The van der Waals surface area contributed by atoms with Gasteiger partial charge < -0.3 is 9.47 Å². The molecule has 0 unspecified atom stereocenters. The molecule has 0 bridgehead atoms. The zero-order valence-electron chi connectivity index (χ0n) is 10.3. The lowest BCUT2D eigenvalue weighted by atomic mass is 10.6. The van der Waals surface area contributed by atoms with E-state index in [1.54, 1.807) is 0 Å². The molecular formula is C10H8Cl2N4O2S2. The molecule has 0 N–H and O–H groups in total. The molecule has 106 valence electrons. The predicted octanol–water partition coefficient (Wildman–Crippen LogP) is 3.39. The highest BCUT2D eigenvalue weighted by Crippen LogP contribution is 2.35. The van der Waals surface area contributed by atoms with Crippen LogP contribution in [0.2, 0.25) is 10.3 Å². The van der Waals surface area contributed by atoms with Crippen LogP contribution < -0.4 is 9.47 Å². The summed E-state index contributed by atoms with van der Waals surface area (Å²) in [5.41, 5.74) is 0. The van der Waals surface area contributed by atoms with Crippen LogP contribution in [-0.2, 0) is 0 Å². The molecule has 0 aliphatic carbocycles. The molecular weight excluding hydrogens is 343 g/mol. The third-order valence-corrected chi connectivity index (χ3v) is 4.19. The van der Waals surface area contributed by atoms with Crippen molar-refractivity contribution in [2.45, 2.75) is 10.3 Å². The predicted molar refractivity (Wildman–Crippen MR) is 78.9 cm³/mol. The zero-order valence-corrected chi connectivity index (χ0v) is 13.5. The maximum Gasteiger partial charge on any atom is 0.218 e. The van der Waals surface area contributed by atoms with E-state index in [4.69, 9.17) is 32.7 Å². The molecule has 0 radical (unpaired) electrons. The summed E-state index contributed by atoms with van der Waals surface area (Å²) in [6.45, 7) is 0. The van der Waals surface area contributed by atoms with E-state index in [1.165, 1.54) is 47.9 Å². The number of halogens is 2. The summed E-state index contributed by atoms with van der Waals surface area (Å²) in [6.07, 6.45) is 0. The number of rotatable bonds is 5. The maximum absolute atomic E-state index is 5.86. The third-order valence-electron chi connectivity index (χ3n) is 1.91. The van der Waals surface area contributed by atoms with Crippen molar-refractivity contribution in [2.24, 2.45) is 0 Å². The standard InChI is InChI=1S/C10H8Cl2N4O2S2/c1-17-7-3-5(11)13-9(15-7)19-20-10-14-6(12)4-8(16-10)18-2/h3-4H,1-2H3.